The lowest BCUT2D eigenvalue weighted by atomic mass is 10.3. The van der Waals surface area contributed by atoms with Crippen LogP contribution in [0.4, 0.5) is 26.3 Å². The van der Waals surface area contributed by atoms with Crippen molar-refractivity contribution >= 4 is 0 Å². The third-order valence-corrected chi connectivity index (χ3v) is 2.00. The Morgan fingerprint density at radius 2 is 1.56 bits per heavy atom. The zero-order valence-corrected chi connectivity index (χ0v) is 8.03. The van der Waals surface area contributed by atoms with E-state index in [-0.39, 0.29) is 32.5 Å². The number of hydrogen-bond acceptors (Lipinski definition) is 2. The number of allylic oxidation sites excluding steroid dienone is 1. The molecule has 0 aliphatic carbocycles. The molecule has 0 saturated carbocycles. The van der Waals surface area contributed by atoms with Crippen molar-refractivity contribution < 1.29 is 31.1 Å². The molecule has 0 N–H and O–H groups in total. The van der Waals surface area contributed by atoms with E-state index in [0.29, 0.717) is 0 Å². The Morgan fingerprint density at radius 3 is 2.00 bits per heavy atom. The van der Waals surface area contributed by atoms with Gasteiger partial charge in [0.1, 0.15) is 0 Å². The molecule has 0 amide bonds. The summed E-state index contributed by atoms with van der Waals surface area (Å²) in [4.78, 5) is 1.03. The number of halogens is 6. The zero-order valence-electron chi connectivity index (χ0n) is 8.03. The van der Waals surface area contributed by atoms with Crippen LogP contribution in [0.2, 0.25) is 0 Å². The summed E-state index contributed by atoms with van der Waals surface area (Å²) in [5.41, 5.74) is 0. The van der Waals surface area contributed by atoms with Crippen molar-refractivity contribution in [2.45, 2.75) is 12.1 Å². The largest absolute Gasteiger partial charge is 0.460 e. The van der Waals surface area contributed by atoms with Crippen LogP contribution in [0.25, 0.3) is 0 Å². The Kier molecular flexibility index (Phi) is 3.72. The second-order valence-corrected chi connectivity index (χ2v) is 3.20. The molecule has 1 rings (SSSR count). The average molecular weight is 249 g/mol. The van der Waals surface area contributed by atoms with Crippen molar-refractivity contribution in [2.24, 2.45) is 0 Å². The molecule has 2 nitrogen and oxygen atoms in total. The predicted octanol–water partition coefficient (Wildman–Crippen LogP) is 2.33. The van der Waals surface area contributed by atoms with E-state index in [2.05, 4.69) is 0 Å². The quantitative estimate of drug-likeness (QED) is 0.696. The van der Waals surface area contributed by atoms with Crippen molar-refractivity contribution in [3.63, 3.8) is 0 Å². The van der Waals surface area contributed by atoms with Crippen LogP contribution in [-0.4, -0.2) is 43.3 Å². The van der Waals surface area contributed by atoms with Gasteiger partial charge < -0.3 is 9.64 Å². The molecule has 0 spiro atoms. The maximum atomic E-state index is 12.8. The first kappa shape index (κ1) is 13.1. The van der Waals surface area contributed by atoms with Gasteiger partial charge >= 0.3 is 12.1 Å². The summed E-state index contributed by atoms with van der Waals surface area (Å²) in [7, 11) is 0. The lowest BCUT2D eigenvalue weighted by molar-refractivity contribution is -0.270. The summed E-state index contributed by atoms with van der Waals surface area (Å²) in [5.74, 6) is -7.94. The molecule has 0 bridgehead atoms. The minimum absolute atomic E-state index is 0.0847. The van der Waals surface area contributed by atoms with Gasteiger partial charge in [-0.1, -0.05) is 0 Å². The van der Waals surface area contributed by atoms with Gasteiger partial charge in [-0.25, -0.2) is 4.39 Å². The van der Waals surface area contributed by atoms with Crippen LogP contribution < -0.4 is 0 Å². The van der Waals surface area contributed by atoms with Gasteiger partial charge in [0.05, 0.1) is 13.2 Å². The maximum absolute atomic E-state index is 12.8. The van der Waals surface area contributed by atoms with E-state index in [0.717, 1.165) is 4.90 Å². The van der Waals surface area contributed by atoms with Gasteiger partial charge in [0.2, 0.25) is 0 Å². The number of rotatable bonds is 2. The minimum atomic E-state index is -5.92. The highest BCUT2D eigenvalue weighted by Crippen LogP contribution is 2.41. The van der Waals surface area contributed by atoms with Gasteiger partial charge in [-0.2, -0.15) is 22.0 Å². The number of ether oxygens (including phenoxy) is 1. The molecule has 1 saturated heterocycles. The van der Waals surface area contributed by atoms with Gasteiger partial charge in [-0.15, -0.1) is 0 Å². The Labute approximate surface area is 87.5 Å². The van der Waals surface area contributed by atoms with Crippen molar-refractivity contribution in [3.05, 3.63) is 12.0 Å². The van der Waals surface area contributed by atoms with Gasteiger partial charge in [0, 0.05) is 19.3 Å². The summed E-state index contributed by atoms with van der Waals surface area (Å²) in [6.45, 7) is 0.505. The molecule has 1 fully saturated rings. The standard InChI is InChI=1S/C8H9F6NO/c9-6(7(10,11)8(12,13)14)5-15-1-3-16-4-2-15/h5H,1-4H2/b6-5-. The first-order chi connectivity index (χ1) is 7.25. The molecule has 0 atom stereocenters. The first-order valence-corrected chi connectivity index (χ1v) is 4.39. The number of hydrogen-bond donors (Lipinski definition) is 0. The van der Waals surface area contributed by atoms with Crippen LogP contribution in [0, 0.1) is 0 Å². The third-order valence-electron chi connectivity index (χ3n) is 2.00. The SMILES string of the molecule is F/C(=C\N1CCOCC1)C(F)(F)C(F)(F)F. The topological polar surface area (TPSA) is 12.5 Å². The molecule has 0 aromatic heterocycles. The van der Waals surface area contributed by atoms with Crippen molar-refractivity contribution in [2.75, 3.05) is 26.3 Å². The smallest absolute Gasteiger partial charge is 0.378 e. The van der Waals surface area contributed by atoms with E-state index >= 15 is 0 Å². The van der Waals surface area contributed by atoms with Crippen molar-refractivity contribution in [3.8, 4) is 0 Å². The molecule has 0 radical (unpaired) electrons. The minimum Gasteiger partial charge on any atom is -0.378 e. The Hall–Kier alpha value is -0.920. The van der Waals surface area contributed by atoms with Crippen LogP contribution >= 0.6 is 0 Å². The third kappa shape index (κ3) is 2.81. The summed E-state index contributed by atoms with van der Waals surface area (Å²) < 4.78 is 77.8. The molecule has 1 heterocycles. The van der Waals surface area contributed by atoms with Crippen LogP contribution in [0.1, 0.15) is 0 Å². The van der Waals surface area contributed by atoms with E-state index in [1.807, 2.05) is 0 Å². The van der Waals surface area contributed by atoms with Crippen LogP contribution in [-0.2, 0) is 4.74 Å². The average Bonchev–Trinajstić information content (AvgIpc) is 2.17. The van der Waals surface area contributed by atoms with Gasteiger partial charge in [-0.05, 0) is 0 Å². The fourth-order valence-corrected chi connectivity index (χ4v) is 1.08. The summed E-state index contributed by atoms with van der Waals surface area (Å²) in [6, 6.07) is 0. The van der Waals surface area contributed by atoms with Crippen molar-refractivity contribution in [1.29, 1.82) is 0 Å². The number of nitrogens with zero attached hydrogens (tertiary/aromatic N) is 1. The number of alkyl halides is 5. The van der Waals surface area contributed by atoms with E-state index in [4.69, 9.17) is 4.74 Å². The highest BCUT2D eigenvalue weighted by Gasteiger charge is 2.61. The van der Waals surface area contributed by atoms with E-state index < -0.39 is 17.9 Å². The van der Waals surface area contributed by atoms with E-state index in [1.54, 1.807) is 0 Å². The highest BCUT2D eigenvalue weighted by molar-refractivity contribution is 5.07. The van der Waals surface area contributed by atoms with Gasteiger partial charge in [0.15, 0.2) is 5.83 Å². The maximum Gasteiger partial charge on any atom is 0.460 e. The van der Waals surface area contributed by atoms with Crippen LogP contribution in [0.3, 0.4) is 0 Å². The molecular formula is C8H9F6NO. The molecule has 1 aliphatic heterocycles. The molecular weight excluding hydrogens is 240 g/mol. The summed E-state index contributed by atoms with van der Waals surface area (Å²) in [6.07, 6.45) is -5.73. The first-order valence-electron chi connectivity index (χ1n) is 4.39. The molecule has 94 valence electrons. The Morgan fingerprint density at radius 1 is 1.06 bits per heavy atom. The lowest BCUT2D eigenvalue weighted by Crippen LogP contribution is -2.39. The van der Waals surface area contributed by atoms with E-state index in [1.165, 1.54) is 0 Å². The van der Waals surface area contributed by atoms with Crippen LogP contribution in [0.15, 0.2) is 12.0 Å². The van der Waals surface area contributed by atoms with Gasteiger partial charge in [-0.3, -0.25) is 0 Å². The van der Waals surface area contributed by atoms with Gasteiger partial charge in [0.25, 0.3) is 0 Å². The van der Waals surface area contributed by atoms with Crippen molar-refractivity contribution in [1.82, 2.24) is 4.90 Å². The molecule has 16 heavy (non-hydrogen) atoms. The molecule has 0 aromatic carbocycles. The predicted molar refractivity (Wildman–Crippen MR) is 42.6 cm³/mol. The Balaban J connectivity index is 2.75. The second-order valence-electron chi connectivity index (χ2n) is 3.20. The van der Waals surface area contributed by atoms with E-state index in [9.17, 15) is 26.3 Å². The zero-order chi connectivity index (χ0) is 12.4. The second kappa shape index (κ2) is 4.52. The highest BCUT2D eigenvalue weighted by atomic mass is 19.4. The molecule has 1 aliphatic rings. The molecule has 0 unspecified atom stereocenters. The molecule has 0 aromatic rings. The lowest BCUT2D eigenvalue weighted by Gasteiger charge is -2.26. The molecule has 8 heteroatoms. The monoisotopic (exact) mass is 249 g/mol. The fourth-order valence-electron chi connectivity index (χ4n) is 1.08. The number of morpholine rings is 1. The van der Waals surface area contributed by atoms with Crippen LogP contribution in [0.5, 0.6) is 0 Å². The summed E-state index contributed by atoms with van der Waals surface area (Å²) in [5, 5.41) is 0. The fraction of sp³-hybridized carbons (Fsp3) is 0.750. The summed E-state index contributed by atoms with van der Waals surface area (Å²) >= 11 is 0. The Bertz CT molecular complexity index is 268. The normalized spacial score (nSPS) is 20.1.